The molecule has 3 heterocycles. The number of piperazine rings is 1. The van der Waals surface area contributed by atoms with Crippen molar-refractivity contribution in [1.82, 2.24) is 25.0 Å². The third-order valence-corrected chi connectivity index (χ3v) is 4.90. The first-order chi connectivity index (χ1) is 12.7. The number of aromatic amines is 1. The van der Waals surface area contributed by atoms with Crippen LogP contribution in [-0.2, 0) is 0 Å². The van der Waals surface area contributed by atoms with E-state index in [4.69, 9.17) is 0 Å². The maximum Gasteiger partial charge on any atom is 0.253 e. The highest BCUT2D eigenvalue weighted by Crippen LogP contribution is 2.27. The van der Waals surface area contributed by atoms with E-state index in [1.807, 2.05) is 48.5 Å². The van der Waals surface area contributed by atoms with Crippen LogP contribution in [0.15, 0.2) is 36.5 Å². The number of carbonyl (C=O) groups is 1. The van der Waals surface area contributed by atoms with E-state index in [1.54, 1.807) is 0 Å². The molecule has 26 heavy (non-hydrogen) atoms. The number of H-pyrrole nitrogens is 1. The molecule has 1 aromatic carbocycles. The van der Waals surface area contributed by atoms with Gasteiger partial charge >= 0.3 is 0 Å². The smallest absolute Gasteiger partial charge is 0.253 e. The number of rotatable bonds is 3. The van der Waals surface area contributed by atoms with Gasteiger partial charge in [-0.3, -0.25) is 9.89 Å². The number of benzene rings is 1. The lowest BCUT2D eigenvalue weighted by molar-refractivity contribution is 0.0664. The highest BCUT2D eigenvalue weighted by molar-refractivity contribution is 5.96. The minimum Gasteiger partial charge on any atom is -0.373 e. The lowest BCUT2D eigenvalue weighted by Gasteiger charge is -2.32. The molecule has 1 aliphatic heterocycles. The Bertz CT molecular complexity index is 925. The van der Waals surface area contributed by atoms with Crippen LogP contribution < -0.4 is 5.32 Å². The van der Waals surface area contributed by atoms with Crippen LogP contribution in [0.3, 0.4) is 0 Å². The SMILES string of the molecule is CNc1cc2[nH]nc(-c3ccc(C(=O)N4CCN(C)CC4)cc3)c2cn1. The van der Waals surface area contributed by atoms with Crippen LogP contribution in [0.1, 0.15) is 10.4 Å². The van der Waals surface area contributed by atoms with Crippen LogP contribution in [0.25, 0.3) is 22.2 Å². The van der Waals surface area contributed by atoms with Gasteiger partial charge in [-0.25, -0.2) is 4.98 Å². The Morgan fingerprint density at radius 3 is 2.58 bits per heavy atom. The first kappa shape index (κ1) is 16.5. The van der Waals surface area contributed by atoms with Crippen LogP contribution in [-0.4, -0.2) is 71.2 Å². The normalized spacial score (nSPS) is 15.4. The third kappa shape index (κ3) is 3.01. The Hall–Kier alpha value is -2.93. The molecule has 1 saturated heterocycles. The van der Waals surface area contributed by atoms with Crippen molar-refractivity contribution in [3.63, 3.8) is 0 Å². The molecule has 7 heteroatoms. The number of nitrogens with one attached hydrogen (secondary N) is 2. The number of carbonyl (C=O) groups excluding carboxylic acids is 1. The number of hydrogen-bond acceptors (Lipinski definition) is 5. The third-order valence-electron chi connectivity index (χ3n) is 4.90. The second-order valence-corrected chi connectivity index (χ2v) is 6.61. The summed E-state index contributed by atoms with van der Waals surface area (Å²) in [4.78, 5) is 21.2. The fourth-order valence-corrected chi connectivity index (χ4v) is 3.23. The molecule has 2 aromatic heterocycles. The van der Waals surface area contributed by atoms with Gasteiger partial charge in [0.1, 0.15) is 11.5 Å². The summed E-state index contributed by atoms with van der Waals surface area (Å²) in [6, 6.07) is 9.59. The molecule has 2 N–H and O–H groups in total. The van der Waals surface area contributed by atoms with Crippen molar-refractivity contribution in [2.45, 2.75) is 0 Å². The van der Waals surface area contributed by atoms with E-state index in [9.17, 15) is 4.79 Å². The van der Waals surface area contributed by atoms with E-state index in [0.29, 0.717) is 5.56 Å². The number of aromatic nitrogens is 3. The Morgan fingerprint density at radius 2 is 1.88 bits per heavy atom. The van der Waals surface area contributed by atoms with Gasteiger partial charge in [-0.1, -0.05) is 12.1 Å². The summed E-state index contributed by atoms with van der Waals surface area (Å²) in [6.07, 6.45) is 1.81. The number of likely N-dealkylation sites (N-methyl/N-ethyl adjacent to an activating group) is 1. The molecule has 0 aliphatic carbocycles. The molecule has 0 saturated carbocycles. The summed E-state index contributed by atoms with van der Waals surface area (Å²) >= 11 is 0. The Labute approximate surface area is 152 Å². The first-order valence-corrected chi connectivity index (χ1v) is 8.76. The first-order valence-electron chi connectivity index (χ1n) is 8.76. The Kier molecular flexibility index (Phi) is 4.30. The van der Waals surface area contributed by atoms with Crippen LogP contribution >= 0.6 is 0 Å². The van der Waals surface area contributed by atoms with E-state index in [-0.39, 0.29) is 5.91 Å². The van der Waals surface area contributed by atoms with Crippen molar-refractivity contribution >= 4 is 22.6 Å². The molecule has 0 spiro atoms. The average molecular weight is 350 g/mol. The van der Waals surface area contributed by atoms with Crippen LogP contribution in [0.2, 0.25) is 0 Å². The van der Waals surface area contributed by atoms with Gasteiger partial charge in [0.05, 0.1) is 5.52 Å². The maximum atomic E-state index is 12.7. The highest BCUT2D eigenvalue weighted by Gasteiger charge is 2.20. The van der Waals surface area contributed by atoms with E-state index in [0.717, 1.165) is 54.2 Å². The highest BCUT2D eigenvalue weighted by atomic mass is 16.2. The topological polar surface area (TPSA) is 77.2 Å². The zero-order chi connectivity index (χ0) is 18.1. The molecule has 7 nitrogen and oxygen atoms in total. The van der Waals surface area contributed by atoms with Gasteiger partial charge < -0.3 is 15.1 Å². The largest absolute Gasteiger partial charge is 0.373 e. The van der Waals surface area contributed by atoms with Gasteiger partial charge in [-0.2, -0.15) is 5.10 Å². The lowest BCUT2D eigenvalue weighted by Crippen LogP contribution is -2.47. The zero-order valence-electron chi connectivity index (χ0n) is 15.0. The van der Waals surface area contributed by atoms with Crippen molar-refractivity contribution in [3.8, 4) is 11.3 Å². The summed E-state index contributed by atoms with van der Waals surface area (Å²) in [5.74, 6) is 0.887. The molecular formula is C19H22N6O. The van der Waals surface area contributed by atoms with Crippen molar-refractivity contribution < 1.29 is 4.79 Å². The van der Waals surface area contributed by atoms with Gasteiger partial charge in [0, 0.05) is 62.0 Å². The van der Waals surface area contributed by atoms with Crippen molar-refractivity contribution in [2.75, 3.05) is 45.6 Å². The predicted molar refractivity (Wildman–Crippen MR) is 102 cm³/mol. The van der Waals surface area contributed by atoms with Crippen LogP contribution in [0.4, 0.5) is 5.82 Å². The van der Waals surface area contributed by atoms with Crippen LogP contribution in [0.5, 0.6) is 0 Å². The Morgan fingerprint density at radius 1 is 1.15 bits per heavy atom. The van der Waals surface area contributed by atoms with Crippen molar-refractivity contribution in [2.24, 2.45) is 0 Å². The van der Waals surface area contributed by atoms with E-state index < -0.39 is 0 Å². The molecule has 1 fully saturated rings. The second-order valence-electron chi connectivity index (χ2n) is 6.61. The average Bonchev–Trinajstić information content (AvgIpc) is 3.11. The van der Waals surface area contributed by atoms with Crippen molar-refractivity contribution in [1.29, 1.82) is 0 Å². The minimum atomic E-state index is 0.0943. The van der Waals surface area contributed by atoms with Gasteiger partial charge in [0.25, 0.3) is 5.91 Å². The molecule has 1 aliphatic rings. The standard InChI is InChI=1S/C19H22N6O/c1-20-17-11-16-15(12-21-17)18(23-22-16)13-3-5-14(6-4-13)19(26)25-9-7-24(2)8-10-25/h3-6,11-12H,7-10H2,1-2H3,(H,20,21)(H,22,23). The fraction of sp³-hybridized carbons (Fsp3) is 0.316. The summed E-state index contributed by atoms with van der Waals surface area (Å²) in [6.45, 7) is 3.40. The number of pyridine rings is 1. The summed E-state index contributed by atoms with van der Waals surface area (Å²) in [5.41, 5.74) is 3.45. The van der Waals surface area contributed by atoms with Gasteiger partial charge in [-0.05, 0) is 19.2 Å². The summed E-state index contributed by atoms with van der Waals surface area (Å²) < 4.78 is 0. The van der Waals surface area contributed by atoms with E-state index in [2.05, 4.69) is 32.4 Å². The van der Waals surface area contributed by atoms with E-state index >= 15 is 0 Å². The molecule has 4 rings (SSSR count). The molecule has 0 radical (unpaired) electrons. The van der Waals surface area contributed by atoms with Gasteiger partial charge in [0.2, 0.25) is 0 Å². The quantitative estimate of drug-likeness (QED) is 0.756. The zero-order valence-corrected chi connectivity index (χ0v) is 15.0. The number of hydrogen-bond donors (Lipinski definition) is 2. The molecule has 134 valence electrons. The Balaban J connectivity index is 1.57. The second kappa shape index (κ2) is 6.76. The summed E-state index contributed by atoms with van der Waals surface area (Å²) in [5, 5.41) is 11.4. The number of fused-ring (bicyclic) bond motifs is 1. The number of nitrogens with zero attached hydrogens (tertiary/aromatic N) is 4. The predicted octanol–water partition coefficient (Wildman–Crippen LogP) is 2.05. The van der Waals surface area contributed by atoms with Crippen molar-refractivity contribution in [3.05, 3.63) is 42.1 Å². The molecule has 3 aromatic rings. The number of amides is 1. The molecular weight excluding hydrogens is 328 g/mol. The molecule has 0 unspecified atom stereocenters. The molecule has 0 bridgehead atoms. The van der Waals surface area contributed by atoms with E-state index in [1.165, 1.54) is 0 Å². The number of anilines is 1. The maximum absolute atomic E-state index is 12.7. The fourth-order valence-electron chi connectivity index (χ4n) is 3.23. The van der Waals surface area contributed by atoms with Crippen LogP contribution in [0, 0.1) is 0 Å². The summed E-state index contributed by atoms with van der Waals surface area (Å²) in [7, 11) is 3.92. The lowest BCUT2D eigenvalue weighted by atomic mass is 10.1. The molecule has 1 amide bonds. The van der Waals surface area contributed by atoms with Gasteiger partial charge in [-0.15, -0.1) is 0 Å². The minimum absolute atomic E-state index is 0.0943. The molecule has 0 atom stereocenters. The van der Waals surface area contributed by atoms with Gasteiger partial charge in [0.15, 0.2) is 0 Å². The monoisotopic (exact) mass is 350 g/mol.